The highest BCUT2D eigenvalue weighted by Gasteiger charge is 2.50. The van der Waals surface area contributed by atoms with Gasteiger partial charge in [0, 0.05) is 55.7 Å². The van der Waals surface area contributed by atoms with E-state index in [0.29, 0.717) is 67.2 Å². The number of aliphatic carboxylic acids is 1. The van der Waals surface area contributed by atoms with Gasteiger partial charge < -0.3 is 48.8 Å². The molecule has 7 aromatic rings. The summed E-state index contributed by atoms with van der Waals surface area (Å²) in [5.74, 6) is -2.31. The number of phenols is 3. The molecule has 0 fully saturated rings. The molecule has 0 amide bonds. The van der Waals surface area contributed by atoms with Crippen LogP contribution in [0.3, 0.4) is 0 Å². The molecular weight excluding hydrogens is 1830 g/mol. The zero-order valence-electron chi connectivity index (χ0n) is 73.9. The minimum atomic E-state index is -4.94. The molecule has 2 aliphatic rings. The van der Waals surface area contributed by atoms with E-state index < -0.39 is 81.9 Å². The van der Waals surface area contributed by atoms with Crippen LogP contribution in [0.15, 0.2) is 126 Å². The van der Waals surface area contributed by atoms with Gasteiger partial charge in [0.2, 0.25) is 12.2 Å². The summed E-state index contributed by atoms with van der Waals surface area (Å²) in [7, 11) is 3.21. The van der Waals surface area contributed by atoms with E-state index in [2.05, 4.69) is 140 Å². The summed E-state index contributed by atoms with van der Waals surface area (Å²) in [5.41, 5.74) is 5.14. The summed E-state index contributed by atoms with van der Waals surface area (Å²) in [6, 6.07) is 23.3. The van der Waals surface area contributed by atoms with Gasteiger partial charge in [-0.15, -0.1) is 47.3 Å². The molecule has 0 radical (unpaired) electrons. The molecule has 0 aromatic heterocycles. The van der Waals surface area contributed by atoms with Crippen LogP contribution in [0.4, 0.5) is 26.3 Å². The van der Waals surface area contributed by atoms with Crippen LogP contribution in [0.5, 0.6) is 40.2 Å². The number of hydrogen-bond donors (Lipinski definition) is 4. The molecule has 0 spiro atoms. The molecule has 105 heavy (non-hydrogen) atoms. The van der Waals surface area contributed by atoms with Crippen LogP contribution in [0.2, 0.25) is 0 Å². The standard InChI is InChI=1S/C15H14BrF3O3.C13H10BrF3O3.C9H9BrO2.2C9H12O.C8H9BrO.C8H10O.C6H10O2.BBr3/c1-4-21-14(20)10-6-9-8(3)12(16)7(2)5-11(9)22-13(10)15(17,18)19;1-5-3-9-7(6(2)10(5)14)4-8(12(18)19)11(20-9)13(15,16)17;1-5-3-8(12)7(4-11)6(2)9(5)10;2*1-7-4-8(2)6-9(5-7)10-3;1-5-3-7(10)4-6(2)8(5)9;1-6-3-7(2)5-8(9)4-6;1-3-5-6(7)8-4-2;2-1(3)4/h5-6,13H,4H2,1-3H3;3-4,11H,1-2H3,(H,18,19);3-4,12H,1-2H3;2*4-6H,1-3H3;3-4,10H,1-2H3;3-5,9H,1-2H3;3,5H,4H2,1-2H3;/b;;;;;;;5-3+;/i3D3;2*2D3;1D3;;1D3;;;. The third-order valence-corrected chi connectivity index (χ3v) is 17.4. The molecule has 2 unspecified atom stereocenters. The molecule has 0 bridgehead atoms. The van der Waals surface area contributed by atoms with Crippen molar-refractivity contribution in [3.63, 3.8) is 0 Å². The fraction of sp³-hybridized carbons (Fsp3) is 0.325. The van der Waals surface area contributed by atoms with Crippen LogP contribution >= 0.6 is 111 Å². The smallest absolute Gasteiger partial charge is 0.430 e. The molecule has 9 rings (SSSR count). The van der Waals surface area contributed by atoms with E-state index in [4.69, 9.17) is 49.7 Å². The summed E-state index contributed by atoms with van der Waals surface area (Å²) >= 11 is 21.8. The number of aldehydes is 1. The van der Waals surface area contributed by atoms with Gasteiger partial charge in [-0.05, 0) is 274 Å². The van der Waals surface area contributed by atoms with Crippen LogP contribution in [-0.4, -0.2) is 99.8 Å². The second-order valence-corrected chi connectivity index (χ2v) is 31.7. The van der Waals surface area contributed by atoms with Gasteiger partial charge in [-0.3, -0.25) is 4.79 Å². The average Bonchev–Trinajstić information content (AvgIpc) is 0.743. The van der Waals surface area contributed by atoms with E-state index in [1.807, 2.05) is 39.0 Å². The number of methoxy groups -OCH3 is 2. The Hall–Kier alpha value is -6.56. The molecule has 7 aromatic carbocycles. The van der Waals surface area contributed by atoms with Crippen LogP contribution < -0.4 is 18.9 Å². The molecule has 4 N–H and O–H groups in total. The number of carboxylic acid groups (broad SMARTS) is 1. The lowest BCUT2D eigenvalue weighted by atomic mass is 9.96. The number of carbonyl (C=O) groups is 4. The highest BCUT2D eigenvalue weighted by molar-refractivity contribution is 9.69. The van der Waals surface area contributed by atoms with Crippen molar-refractivity contribution >= 4 is 151 Å². The predicted molar refractivity (Wildman–Crippen MR) is 431 cm³/mol. The largest absolute Gasteiger partial charge is 0.508 e. The molecule has 2 heterocycles. The number of allylic oxidation sites excluding steroid dienone is 1. The Morgan fingerprint density at radius 2 is 0.895 bits per heavy atom. The fourth-order valence-corrected chi connectivity index (χ4v) is 9.98. The zero-order valence-corrected chi connectivity index (χ0v) is 70.0. The molecule has 2 atom stereocenters. The van der Waals surface area contributed by atoms with Gasteiger partial charge >= 0.3 is 33.4 Å². The van der Waals surface area contributed by atoms with Crippen molar-refractivity contribution in [2.24, 2.45) is 0 Å². The third kappa shape index (κ3) is 32.8. The van der Waals surface area contributed by atoms with Gasteiger partial charge in [-0.25, -0.2) is 14.4 Å². The fourth-order valence-electron chi connectivity index (χ4n) is 8.77. The first-order valence-electron chi connectivity index (χ1n) is 37.9. The van der Waals surface area contributed by atoms with Gasteiger partial charge in [-0.2, -0.15) is 26.3 Å². The van der Waals surface area contributed by atoms with Crippen molar-refractivity contribution in [2.75, 3.05) is 27.4 Å². The van der Waals surface area contributed by atoms with Gasteiger partial charge in [0.1, 0.15) is 40.2 Å². The average molecular weight is 1930 g/mol. The van der Waals surface area contributed by atoms with Crippen molar-refractivity contribution in [3.8, 4) is 40.2 Å². The lowest BCUT2D eigenvalue weighted by Crippen LogP contribution is -2.41. The van der Waals surface area contributed by atoms with E-state index in [9.17, 15) is 55.7 Å². The number of fused-ring (bicyclic) bond motifs is 2. The number of alkyl halides is 6. The summed E-state index contributed by atoms with van der Waals surface area (Å²) in [6.07, 6.45) is -9.99. The molecule has 572 valence electrons. The van der Waals surface area contributed by atoms with Gasteiger partial charge in [0.25, 0.3) is 0 Å². The number of halogens is 13. The first-order chi connectivity index (χ1) is 54.7. The van der Waals surface area contributed by atoms with Crippen molar-refractivity contribution in [1.82, 2.24) is 0 Å². The van der Waals surface area contributed by atoms with E-state index in [0.717, 1.165) is 28.5 Å². The number of hydrogen-bond acceptors (Lipinski definition) is 13. The minimum Gasteiger partial charge on any atom is -0.508 e. The summed E-state index contributed by atoms with van der Waals surface area (Å²) in [4.78, 5) is 44.1. The number of phenolic OH excluding ortho intramolecular Hbond substituents is 3. The monoisotopic (exact) mass is 1930 g/mol. The number of ether oxygens (including phenoxy) is 6. The lowest BCUT2D eigenvalue weighted by Gasteiger charge is -2.29. The maximum atomic E-state index is 13.3. The van der Waals surface area contributed by atoms with Gasteiger partial charge in [0.15, 0.2) is 6.29 Å². The van der Waals surface area contributed by atoms with Gasteiger partial charge in [-0.1, -0.05) is 88.0 Å². The van der Waals surface area contributed by atoms with Crippen LogP contribution in [0.25, 0.3) is 12.2 Å². The Morgan fingerprint density at radius 3 is 1.27 bits per heavy atom. The Balaban J connectivity index is 0.000000700. The number of aryl methyl sites for hydroxylation is 11. The molecule has 28 heteroatoms. The minimum absolute atomic E-state index is 0.0215. The predicted octanol–water partition coefficient (Wildman–Crippen LogP) is 23.5. The number of carboxylic acids is 1. The van der Waals surface area contributed by atoms with Crippen molar-refractivity contribution in [2.45, 2.75) is 142 Å². The molecule has 2 aliphatic heterocycles. The maximum Gasteiger partial charge on any atom is 0.430 e. The van der Waals surface area contributed by atoms with Crippen LogP contribution in [0.1, 0.15) is 141 Å². The van der Waals surface area contributed by atoms with Crippen molar-refractivity contribution in [1.29, 1.82) is 0 Å². The number of aromatic hydroxyl groups is 3. The number of esters is 2. The summed E-state index contributed by atoms with van der Waals surface area (Å²) in [6.45, 7) is 9.68. The Bertz CT molecular complexity index is 4740. The number of carbonyl (C=O) groups excluding carboxylic acids is 3. The molecule has 0 saturated heterocycles. The Kier molecular flexibility index (Phi) is 31.8. The van der Waals surface area contributed by atoms with E-state index >= 15 is 0 Å². The number of rotatable bonds is 8. The molecule has 14 nitrogen and oxygen atoms in total. The quantitative estimate of drug-likeness (QED) is 0.0368. The van der Waals surface area contributed by atoms with Crippen molar-refractivity contribution in [3.05, 3.63) is 221 Å². The van der Waals surface area contributed by atoms with E-state index in [1.165, 1.54) is 75.4 Å². The summed E-state index contributed by atoms with van der Waals surface area (Å²) < 4.78 is 220. The topological polar surface area (TPSA) is 205 Å². The third-order valence-electron chi connectivity index (χ3n) is 13.2. The van der Waals surface area contributed by atoms with Crippen LogP contribution in [-0.2, 0) is 23.9 Å². The lowest BCUT2D eigenvalue weighted by molar-refractivity contribution is -0.188. The Labute approximate surface area is 691 Å². The molecular formula is C77H86BBr7F6O14. The maximum absolute atomic E-state index is 13.3. The van der Waals surface area contributed by atoms with Gasteiger partial charge in [0.05, 0.1) is 44.1 Å². The van der Waals surface area contributed by atoms with E-state index in [1.54, 1.807) is 71.2 Å². The second kappa shape index (κ2) is 46.0. The first-order valence-corrected chi connectivity index (χ1v) is 36.3. The first kappa shape index (κ1) is 72.6. The molecule has 0 saturated carbocycles. The van der Waals surface area contributed by atoms with Crippen LogP contribution in [0, 0.1) is 96.6 Å². The summed E-state index contributed by atoms with van der Waals surface area (Å²) in [5, 5.41) is 36.7. The highest BCUT2D eigenvalue weighted by Crippen LogP contribution is 2.44. The number of benzene rings is 7. The van der Waals surface area contributed by atoms with Crippen molar-refractivity contribution < 1.29 is 115 Å². The Morgan fingerprint density at radius 1 is 0.524 bits per heavy atom. The SMILES string of the molecule is BrB(Br)Br.C/C=C/C(=O)OCC.COc1cc(C)cc(C)c1.Cc1cc(C)cc(O)c1.[2H]C([2H])([2H])c1c(Br)c(C)cc(O)c1C=O.[2H]C([2H])([2H])c1c(Br)c(C)cc2c1C=C(C(=O)O)C(C(F)(F)F)O2.[2H]C([2H])([2H])c1c(Br)c(C)cc2c1C=C(C(=O)OCC)C(C(F)(F)F)O2.[2H]C([2H])([2H])c1cc(C)cc(OC)c1.[2H]C([2H])([2H])c1cc(O)cc(C)c1Br. The normalized spacial score (nSPS) is 15.5. The second-order valence-electron chi connectivity index (χ2n) is 22.1. The van der Waals surface area contributed by atoms with E-state index in [-0.39, 0.29) is 86.6 Å². The highest BCUT2D eigenvalue weighted by atomic mass is 79.9. The zero-order chi connectivity index (χ0) is 93.4. The molecule has 0 aliphatic carbocycles.